The highest BCUT2D eigenvalue weighted by Crippen LogP contribution is 1.98. The highest BCUT2D eigenvalue weighted by atomic mass is 15.2. The molecule has 0 amide bonds. The van der Waals surface area contributed by atoms with Crippen LogP contribution >= 0.6 is 0 Å². The highest BCUT2D eigenvalue weighted by molar-refractivity contribution is 5.99. The van der Waals surface area contributed by atoms with Gasteiger partial charge in [0.2, 0.25) is 0 Å². The average molecular weight is 240 g/mol. The van der Waals surface area contributed by atoms with Crippen LogP contribution in [0.1, 0.15) is 25.2 Å². The Kier molecular flexibility index (Phi) is 3.80. The van der Waals surface area contributed by atoms with Gasteiger partial charge in [-0.25, -0.2) is 0 Å². The number of rotatable bonds is 3. The third-order valence-electron chi connectivity index (χ3n) is 2.22. The summed E-state index contributed by atoms with van der Waals surface area (Å²) >= 11 is 0. The predicted molar refractivity (Wildman–Crippen MR) is 68.5 cm³/mol. The van der Waals surface area contributed by atoms with Crippen LogP contribution in [0.5, 0.6) is 0 Å². The molecule has 0 aliphatic rings. The molecule has 0 N–H and O–H groups in total. The molecule has 0 bridgehead atoms. The van der Waals surface area contributed by atoms with E-state index in [4.69, 9.17) is 0 Å². The molecule has 0 aromatic carbocycles. The predicted octanol–water partition coefficient (Wildman–Crippen LogP) is 1.50. The summed E-state index contributed by atoms with van der Waals surface area (Å²) in [7, 11) is 0. The number of hydrogen-bond donors (Lipinski definition) is 0. The van der Waals surface area contributed by atoms with E-state index in [-0.39, 0.29) is 0 Å². The molecule has 90 valence electrons. The minimum Gasteiger partial charge on any atom is -0.261 e. The lowest BCUT2D eigenvalue weighted by atomic mass is 10.3. The molecule has 6 heteroatoms. The normalized spacial score (nSPS) is 12.6. The first kappa shape index (κ1) is 12.0. The summed E-state index contributed by atoms with van der Waals surface area (Å²) in [6.45, 7) is 3.66. The van der Waals surface area contributed by atoms with Crippen LogP contribution in [-0.2, 0) is 0 Å². The molecule has 0 unspecified atom stereocenters. The number of aromatic nitrogens is 4. The summed E-state index contributed by atoms with van der Waals surface area (Å²) in [5.74, 6) is 0. The maximum atomic E-state index is 4.14. The summed E-state index contributed by atoms with van der Waals surface area (Å²) < 4.78 is 0. The van der Waals surface area contributed by atoms with Gasteiger partial charge in [0.1, 0.15) is 11.4 Å². The fourth-order valence-electron chi connectivity index (χ4n) is 1.22. The van der Waals surface area contributed by atoms with Gasteiger partial charge >= 0.3 is 0 Å². The SMILES string of the molecule is C/C(=N\N=C(/C)c1cnccn1)c1cnccn1. The molecule has 0 atom stereocenters. The summed E-state index contributed by atoms with van der Waals surface area (Å²) in [5.41, 5.74) is 2.80. The third kappa shape index (κ3) is 3.00. The van der Waals surface area contributed by atoms with Crippen LogP contribution < -0.4 is 0 Å². The van der Waals surface area contributed by atoms with E-state index in [0.29, 0.717) is 22.8 Å². The Morgan fingerprint density at radius 3 is 1.56 bits per heavy atom. The fourth-order valence-corrected chi connectivity index (χ4v) is 1.22. The Morgan fingerprint density at radius 1 is 0.778 bits per heavy atom. The summed E-state index contributed by atoms with van der Waals surface area (Å²) in [6.07, 6.45) is 9.76. The van der Waals surface area contributed by atoms with Crippen molar-refractivity contribution in [1.82, 2.24) is 19.9 Å². The van der Waals surface area contributed by atoms with Gasteiger partial charge in [0, 0.05) is 24.8 Å². The zero-order chi connectivity index (χ0) is 12.8. The highest BCUT2D eigenvalue weighted by Gasteiger charge is 2.00. The van der Waals surface area contributed by atoms with Crippen molar-refractivity contribution >= 4 is 11.4 Å². The van der Waals surface area contributed by atoms with Crippen molar-refractivity contribution in [3.63, 3.8) is 0 Å². The zero-order valence-corrected chi connectivity index (χ0v) is 10.1. The van der Waals surface area contributed by atoms with Crippen molar-refractivity contribution in [2.75, 3.05) is 0 Å². The molecule has 0 aliphatic carbocycles. The molecule has 0 saturated carbocycles. The van der Waals surface area contributed by atoms with Crippen molar-refractivity contribution < 1.29 is 0 Å². The minimum atomic E-state index is 0.700. The maximum absolute atomic E-state index is 4.14. The Balaban J connectivity index is 2.20. The topological polar surface area (TPSA) is 76.3 Å². The lowest BCUT2D eigenvalue weighted by molar-refractivity contribution is 1.13. The van der Waals surface area contributed by atoms with Crippen molar-refractivity contribution in [1.29, 1.82) is 0 Å². The Labute approximate surface area is 105 Å². The van der Waals surface area contributed by atoms with E-state index in [2.05, 4.69) is 30.1 Å². The molecule has 0 saturated heterocycles. The largest absolute Gasteiger partial charge is 0.261 e. The monoisotopic (exact) mass is 240 g/mol. The van der Waals surface area contributed by atoms with Crippen LogP contribution in [0.25, 0.3) is 0 Å². The van der Waals surface area contributed by atoms with Crippen LogP contribution in [0.4, 0.5) is 0 Å². The Bertz CT molecular complexity index is 508. The molecule has 2 rings (SSSR count). The first-order valence-corrected chi connectivity index (χ1v) is 5.39. The van der Waals surface area contributed by atoms with E-state index >= 15 is 0 Å². The molecule has 0 fully saturated rings. The Morgan fingerprint density at radius 2 is 1.22 bits per heavy atom. The summed E-state index contributed by atoms with van der Waals surface area (Å²) in [5, 5.41) is 8.21. The van der Waals surface area contributed by atoms with Gasteiger partial charge in [-0.15, -0.1) is 0 Å². The van der Waals surface area contributed by atoms with E-state index in [0.717, 1.165) is 0 Å². The van der Waals surface area contributed by atoms with E-state index in [1.54, 1.807) is 37.2 Å². The van der Waals surface area contributed by atoms with Crippen LogP contribution in [0.3, 0.4) is 0 Å². The molecule has 2 heterocycles. The quantitative estimate of drug-likeness (QED) is 0.601. The number of hydrogen-bond acceptors (Lipinski definition) is 6. The number of nitrogens with zero attached hydrogens (tertiary/aromatic N) is 6. The van der Waals surface area contributed by atoms with Crippen molar-refractivity contribution in [2.45, 2.75) is 13.8 Å². The lowest BCUT2D eigenvalue weighted by Gasteiger charge is -1.97. The van der Waals surface area contributed by atoms with Gasteiger partial charge in [0.25, 0.3) is 0 Å². The van der Waals surface area contributed by atoms with Gasteiger partial charge in [-0.2, -0.15) is 10.2 Å². The van der Waals surface area contributed by atoms with Gasteiger partial charge in [-0.1, -0.05) is 0 Å². The second-order valence-electron chi connectivity index (χ2n) is 3.55. The minimum absolute atomic E-state index is 0.700. The van der Waals surface area contributed by atoms with Crippen LogP contribution in [0.15, 0.2) is 47.4 Å². The smallest absolute Gasteiger partial charge is 0.104 e. The van der Waals surface area contributed by atoms with Crippen molar-refractivity contribution in [3.8, 4) is 0 Å². The van der Waals surface area contributed by atoms with Crippen molar-refractivity contribution in [3.05, 3.63) is 48.6 Å². The Hall–Kier alpha value is -2.50. The van der Waals surface area contributed by atoms with Crippen LogP contribution in [0.2, 0.25) is 0 Å². The van der Waals surface area contributed by atoms with E-state index in [1.807, 2.05) is 13.8 Å². The first-order valence-electron chi connectivity index (χ1n) is 5.39. The maximum Gasteiger partial charge on any atom is 0.104 e. The van der Waals surface area contributed by atoms with Crippen molar-refractivity contribution in [2.24, 2.45) is 10.2 Å². The van der Waals surface area contributed by atoms with E-state index in [9.17, 15) is 0 Å². The van der Waals surface area contributed by atoms with Gasteiger partial charge in [0.15, 0.2) is 0 Å². The molecule has 0 aliphatic heterocycles. The van der Waals surface area contributed by atoms with Crippen LogP contribution in [0, 0.1) is 0 Å². The second-order valence-corrected chi connectivity index (χ2v) is 3.55. The summed E-state index contributed by atoms with van der Waals surface area (Å²) in [6, 6.07) is 0. The van der Waals surface area contributed by atoms with Gasteiger partial charge < -0.3 is 0 Å². The summed E-state index contributed by atoms with van der Waals surface area (Å²) in [4.78, 5) is 16.2. The van der Waals surface area contributed by atoms with Gasteiger partial charge in [0.05, 0.1) is 23.8 Å². The molecule has 18 heavy (non-hydrogen) atoms. The molecular weight excluding hydrogens is 228 g/mol. The van der Waals surface area contributed by atoms with Crippen LogP contribution in [-0.4, -0.2) is 31.4 Å². The average Bonchev–Trinajstić information content (AvgIpc) is 2.46. The lowest BCUT2D eigenvalue weighted by Crippen LogP contribution is -2.01. The fraction of sp³-hybridized carbons (Fsp3) is 0.167. The molecule has 2 aromatic rings. The molecule has 2 aromatic heterocycles. The van der Waals surface area contributed by atoms with E-state index in [1.165, 1.54) is 0 Å². The van der Waals surface area contributed by atoms with E-state index < -0.39 is 0 Å². The standard InChI is InChI=1S/C12H12N6/c1-9(11-7-13-3-5-15-11)17-18-10(2)12-8-14-4-6-16-12/h3-8H,1-2H3/b17-9+,18-10+. The van der Waals surface area contributed by atoms with Gasteiger partial charge in [-0.3, -0.25) is 19.9 Å². The van der Waals surface area contributed by atoms with Gasteiger partial charge in [-0.05, 0) is 13.8 Å². The third-order valence-corrected chi connectivity index (χ3v) is 2.22. The molecular formula is C12H12N6. The second kappa shape index (κ2) is 5.72. The first-order chi connectivity index (χ1) is 8.77. The molecule has 0 radical (unpaired) electrons. The molecule has 0 spiro atoms. The zero-order valence-electron chi connectivity index (χ0n) is 10.1. The molecule has 6 nitrogen and oxygen atoms in total.